The first-order chi connectivity index (χ1) is 17.6. The highest BCUT2D eigenvalue weighted by Crippen LogP contribution is 2.35. The second kappa shape index (κ2) is 8.89. The van der Waals surface area contributed by atoms with E-state index in [1.165, 1.54) is 30.7 Å². The molecule has 11 nitrogen and oxygen atoms in total. The van der Waals surface area contributed by atoms with Crippen LogP contribution in [0, 0.1) is 0 Å². The van der Waals surface area contributed by atoms with Crippen LogP contribution in [0.1, 0.15) is 28.0 Å². The molecule has 0 unspecified atom stereocenters. The molecule has 0 aliphatic heterocycles. The summed E-state index contributed by atoms with van der Waals surface area (Å²) in [4.78, 5) is 33.5. The number of nitrogens with one attached hydrogen (secondary N) is 1. The summed E-state index contributed by atoms with van der Waals surface area (Å²) in [6.45, 7) is 0. The maximum Gasteiger partial charge on any atom is 0.434 e. The van der Waals surface area contributed by atoms with Crippen molar-refractivity contribution >= 4 is 17.2 Å². The number of rotatable bonds is 5. The molecule has 5 aromatic heterocycles. The molecule has 188 valence electrons. The Morgan fingerprint density at radius 1 is 1.00 bits per heavy atom. The van der Waals surface area contributed by atoms with Gasteiger partial charge in [-0.05, 0) is 18.2 Å². The molecule has 0 spiro atoms. The summed E-state index contributed by atoms with van der Waals surface area (Å²) in [7, 11) is 0. The SMILES string of the molecule is O=C(Nc1cnc(-n2nccn2)c(C(F)F)c1)c1cnn(-c2cccn3c(=O)ccnc23)c1C(F)(F)F. The molecular weight excluding hydrogens is 505 g/mol. The smallest absolute Gasteiger partial charge is 0.320 e. The lowest BCUT2D eigenvalue weighted by molar-refractivity contribution is -0.143. The molecule has 0 aromatic carbocycles. The molecular formula is C21H12F5N9O2. The molecule has 0 saturated carbocycles. The summed E-state index contributed by atoms with van der Waals surface area (Å²) in [6, 6.07) is 4.54. The molecule has 0 atom stereocenters. The van der Waals surface area contributed by atoms with E-state index >= 15 is 0 Å². The van der Waals surface area contributed by atoms with Crippen LogP contribution in [0.2, 0.25) is 0 Å². The third-order valence-electron chi connectivity index (χ3n) is 5.10. The van der Waals surface area contributed by atoms with Crippen molar-refractivity contribution in [2.45, 2.75) is 12.6 Å². The van der Waals surface area contributed by atoms with E-state index in [9.17, 15) is 31.5 Å². The highest BCUT2D eigenvalue weighted by molar-refractivity contribution is 6.05. The highest BCUT2D eigenvalue weighted by Gasteiger charge is 2.41. The summed E-state index contributed by atoms with van der Waals surface area (Å²) in [5.41, 5.74) is -4.21. The Labute approximate surface area is 201 Å². The molecule has 0 aliphatic rings. The fraction of sp³-hybridized carbons (Fsp3) is 0.0952. The van der Waals surface area contributed by atoms with E-state index in [4.69, 9.17) is 0 Å². The lowest BCUT2D eigenvalue weighted by atomic mass is 10.2. The van der Waals surface area contributed by atoms with Crippen LogP contribution in [-0.2, 0) is 6.18 Å². The standard InChI is InChI=1S/C21H12F5N9O2/c22-17(23)12-8-11(9-28-18(12)35-29-5-6-30-35)32-20(37)13-10-31-34(16(13)21(24,25)26)14-2-1-7-33-15(36)3-4-27-19(14)33/h1-10,17H,(H,32,37). The fourth-order valence-electron chi connectivity index (χ4n) is 3.58. The van der Waals surface area contributed by atoms with Crippen molar-refractivity contribution in [2.75, 3.05) is 5.32 Å². The van der Waals surface area contributed by atoms with E-state index in [-0.39, 0.29) is 22.8 Å². The van der Waals surface area contributed by atoms with E-state index in [1.54, 1.807) is 0 Å². The van der Waals surface area contributed by atoms with E-state index in [2.05, 4.69) is 30.6 Å². The van der Waals surface area contributed by atoms with Crippen molar-refractivity contribution in [2.24, 2.45) is 0 Å². The van der Waals surface area contributed by atoms with Gasteiger partial charge < -0.3 is 5.32 Å². The molecule has 5 rings (SSSR count). The van der Waals surface area contributed by atoms with Gasteiger partial charge in [0.15, 0.2) is 17.2 Å². The summed E-state index contributed by atoms with van der Waals surface area (Å²) in [5.74, 6) is -1.60. The number of hydrogen-bond acceptors (Lipinski definition) is 7. The van der Waals surface area contributed by atoms with E-state index < -0.39 is 40.9 Å². The molecule has 0 saturated heterocycles. The number of carbonyl (C=O) groups is 1. The Bertz CT molecular complexity index is 1680. The quantitative estimate of drug-likeness (QED) is 0.355. The van der Waals surface area contributed by atoms with Crippen LogP contribution in [0.3, 0.4) is 0 Å². The second-order valence-electron chi connectivity index (χ2n) is 7.40. The molecule has 1 amide bonds. The predicted octanol–water partition coefficient (Wildman–Crippen LogP) is 3.06. The van der Waals surface area contributed by atoms with Gasteiger partial charge in [0.25, 0.3) is 17.9 Å². The zero-order chi connectivity index (χ0) is 26.3. The molecule has 0 fully saturated rings. The Kier molecular flexibility index (Phi) is 5.69. The van der Waals surface area contributed by atoms with Crippen molar-refractivity contribution < 1.29 is 26.7 Å². The first kappa shape index (κ1) is 23.7. The Morgan fingerprint density at radius 3 is 2.46 bits per heavy atom. The average molecular weight is 517 g/mol. The summed E-state index contributed by atoms with van der Waals surface area (Å²) in [6.07, 6.45) is -1.56. The Balaban J connectivity index is 1.56. The number of anilines is 1. The van der Waals surface area contributed by atoms with Gasteiger partial charge >= 0.3 is 6.18 Å². The van der Waals surface area contributed by atoms with Crippen LogP contribution in [0.5, 0.6) is 0 Å². The third kappa shape index (κ3) is 4.28. The van der Waals surface area contributed by atoms with Gasteiger partial charge in [0, 0.05) is 18.5 Å². The van der Waals surface area contributed by atoms with Crippen molar-refractivity contribution in [3.05, 3.63) is 88.6 Å². The monoisotopic (exact) mass is 517 g/mol. The van der Waals surface area contributed by atoms with Gasteiger partial charge in [-0.2, -0.15) is 28.5 Å². The van der Waals surface area contributed by atoms with Gasteiger partial charge in [-0.1, -0.05) is 0 Å². The summed E-state index contributed by atoms with van der Waals surface area (Å²) < 4.78 is 71.1. The fourth-order valence-corrected chi connectivity index (χ4v) is 3.58. The maximum atomic E-state index is 14.1. The summed E-state index contributed by atoms with van der Waals surface area (Å²) >= 11 is 0. The van der Waals surface area contributed by atoms with Crippen molar-refractivity contribution in [1.29, 1.82) is 0 Å². The first-order valence-electron chi connectivity index (χ1n) is 10.2. The molecule has 1 N–H and O–H groups in total. The topological polar surface area (TPSA) is 125 Å². The van der Waals surface area contributed by atoms with Crippen LogP contribution in [0.4, 0.5) is 27.6 Å². The lowest BCUT2D eigenvalue weighted by Crippen LogP contribution is -2.22. The summed E-state index contributed by atoms with van der Waals surface area (Å²) in [5, 5.41) is 13.3. The number of carbonyl (C=O) groups excluding carboxylic acids is 1. The van der Waals surface area contributed by atoms with Gasteiger partial charge in [-0.3, -0.25) is 14.0 Å². The van der Waals surface area contributed by atoms with Gasteiger partial charge in [0.2, 0.25) is 0 Å². The molecule has 37 heavy (non-hydrogen) atoms. The average Bonchev–Trinajstić information content (AvgIpc) is 3.54. The van der Waals surface area contributed by atoms with Gasteiger partial charge in [0.05, 0.1) is 41.6 Å². The van der Waals surface area contributed by atoms with Crippen molar-refractivity contribution in [1.82, 2.24) is 39.1 Å². The van der Waals surface area contributed by atoms with Crippen molar-refractivity contribution in [3.63, 3.8) is 0 Å². The van der Waals surface area contributed by atoms with Crippen LogP contribution in [-0.4, -0.2) is 45.1 Å². The lowest BCUT2D eigenvalue weighted by Gasteiger charge is -2.14. The van der Waals surface area contributed by atoms with Gasteiger partial charge in [0.1, 0.15) is 5.69 Å². The molecule has 0 radical (unpaired) electrons. The number of pyridine rings is 2. The number of hydrogen-bond donors (Lipinski definition) is 1. The number of amides is 1. The van der Waals surface area contributed by atoms with Gasteiger partial charge in [-0.15, -0.1) is 4.80 Å². The van der Waals surface area contributed by atoms with Crippen molar-refractivity contribution in [3.8, 4) is 11.5 Å². The molecule has 0 bridgehead atoms. The minimum Gasteiger partial charge on any atom is -0.320 e. The van der Waals surface area contributed by atoms with E-state index in [0.29, 0.717) is 10.9 Å². The third-order valence-corrected chi connectivity index (χ3v) is 5.10. The van der Waals surface area contributed by atoms with E-state index in [0.717, 1.165) is 33.7 Å². The van der Waals surface area contributed by atoms with Crippen LogP contribution in [0.25, 0.3) is 17.2 Å². The molecule has 5 aromatic rings. The number of fused-ring (bicyclic) bond motifs is 1. The molecule has 0 aliphatic carbocycles. The Hall–Kier alpha value is -5.02. The maximum absolute atomic E-state index is 14.1. The second-order valence-corrected chi connectivity index (χ2v) is 7.40. The number of alkyl halides is 5. The number of aromatic nitrogens is 8. The minimum atomic E-state index is -5.08. The van der Waals surface area contributed by atoms with E-state index in [1.807, 2.05) is 0 Å². The zero-order valence-corrected chi connectivity index (χ0v) is 18.1. The molecule has 16 heteroatoms. The van der Waals surface area contributed by atoms with Crippen LogP contribution >= 0.6 is 0 Å². The molecule has 5 heterocycles. The van der Waals surface area contributed by atoms with Gasteiger partial charge in [-0.25, -0.2) is 23.4 Å². The Morgan fingerprint density at radius 2 is 1.76 bits per heavy atom. The van der Waals surface area contributed by atoms with Crippen LogP contribution in [0.15, 0.2) is 66.2 Å². The zero-order valence-electron chi connectivity index (χ0n) is 18.1. The number of halogens is 5. The highest BCUT2D eigenvalue weighted by atomic mass is 19.4. The first-order valence-corrected chi connectivity index (χ1v) is 10.2. The van der Waals surface area contributed by atoms with Crippen LogP contribution < -0.4 is 10.9 Å². The minimum absolute atomic E-state index is 0.135. The normalized spacial score (nSPS) is 11.8. The largest absolute Gasteiger partial charge is 0.434 e. The number of nitrogens with zero attached hydrogens (tertiary/aromatic N) is 8. The predicted molar refractivity (Wildman–Crippen MR) is 116 cm³/mol.